The van der Waals surface area contributed by atoms with Gasteiger partial charge in [0, 0.05) is 26.1 Å². The first-order chi connectivity index (χ1) is 14.3. The molecule has 0 bridgehead atoms. The maximum atomic E-state index is 12.4. The fourth-order valence-electron chi connectivity index (χ4n) is 2.70. The molecular formula is C23H20IN3O2S. The molecule has 0 saturated heterocycles. The summed E-state index contributed by atoms with van der Waals surface area (Å²) in [4.78, 5) is 24.7. The Hall–Kier alpha value is -2.78. The zero-order chi connectivity index (χ0) is 21.7. The van der Waals surface area contributed by atoms with Crippen molar-refractivity contribution in [2.75, 3.05) is 10.6 Å². The van der Waals surface area contributed by atoms with Crippen molar-refractivity contribution in [1.29, 1.82) is 0 Å². The van der Waals surface area contributed by atoms with Gasteiger partial charge in [-0.25, -0.2) is 0 Å². The lowest BCUT2D eigenvalue weighted by atomic mass is 10.1. The topological polar surface area (TPSA) is 70.2 Å². The van der Waals surface area contributed by atoms with Gasteiger partial charge in [0.25, 0.3) is 11.8 Å². The number of carbonyl (C=O) groups is 2. The van der Waals surface area contributed by atoms with Crippen molar-refractivity contribution in [2.24, 2.45) is 0 Å². The van der Waals surface area contributed by atoms with Gasteiger partial charge in [-0.2, -0.15) is 0 Å². The molecule has 0 saturated carbocycles. The fourth-order valence-corrected chi connectivity index (χ4v) is 3.42. The Morgan fingerprint density at radius 2 is 1.43 bits per heavy atom. The molecule has 0 unspecified atom stereocenters. The number of nitrogens with one attached hydrogen (secondary N) is 3. The molecule has 30 heavy (non-hydrogen) atoms. The van der Waals surface area contributed by atoms with Crippen LogP contribution >= 0.6 is 34.8 Å². The van der Waals surface area contributed by atoms with E-state index in [2.05, 4.69) is 38.5 Å². The van der Waals surface area contributed by atoms with E-state index in [9.17, 15) is 9.59 Å². The largest absolute Gasteiger partial charge is 0.332 e. The molecule has 0 aliphatic rings. The van der Waals surface area contributed by atoms with Gasteiger partial charge in [-0.05, 0) is 103 Å². The quantitative estimate of drug-likeness (QED) is 0.318. The van der Waals surface area contributed by atoms with Gasteiger partial charge in [-0.3, -0.25) is 14.9 Å². The van der Waals surface area contributed by atoms with E-state index in [1.807, 2.05) is 44.2 Å². The van der Waals surface area contributed by atoms with E-state index in [1.54, 1.807) is 36.4 Å². The van der Waals surface area contributed by atoms with Crippen LogP contribution in [0.3, 0.4) is 0 Å². The van der Waals surface area contributed by atoms with Gasteiger partial charge in [0.15, 0.2) is 5.11 Å². The van der Waals surface area contributed by atoms with Crippen LogP contribution in [-0.4, -0.2) is 16.9 Å². The molecule has 0 atom stereocenters. The normalized spacial score (nSPS) is 10.2. The van der Waals surface area contributed by atoms with Gasteiger partial charge in [0.2, 0.25) is 0 Å². The molecule has 2 amide bonds. The number of hydrogen-bond acceptors (Lipinski definition) is 3. The summed E-state index contributed by atoms with van der Waals surface area (Å²) < 4.78 is 1.02. The number of hydrogen-bond donors (Lipinski definition) is 3. The molecule has 3 aromatic rings. The minimum absolute atomic E-state index is 0.171. The molecule has 0 aromatic heterocycles. The van der Waals surface area contributed by atoms with E-state index in [-0.39, 0.29) is 16.9 Å². The monoisotopic (exact) mass is 529 g/mol. The van der Waals surface area contributed by atoms with Crippen molar-refractivity contribution in [1.82, 2.24) is 5.32 Å². The van der Waals surface area contributed by atoms with Crippen molar-refractivity contribution < 1.29 is 9.59 Å². The smallest absolute Gasteiger partial charge is 0.257 e. The van der Waals surface area contributed by atoms with Gasteiger partial charge >= 0.3 is 0 Å². The summed E-state index contributed by atoms with van der Waals surface area (Å²) in [6, 6.07) is 20.0. The van der Waals surface area contributed by atoms with Crippen LogP contribution in [0.25, 0.3) is 0 Å². The molecule has 0 aliphatic carbocycles. The molecule has 152 valence electrons. The van der Waals surface area contributed by atoms with Crippen molar-refractivity contribution in [2.45, 2.75) is 13.8 Å². The standard InChI is InChI=1S/C23H20IN3O2S/c1-14-4-3-5-16(12-14)21(28)25-18-8-10-19(11-9-18)26-23(30)27-22(29)17-7-6-15(2)20(24)13-17/h3-13H,1-2H3,(H,25,28)(H2,26,27,29,30). The Balaban J connectivity index is 1.57. The average molecular weight is 529 g/mol. The Labute approximate surface area is 194 Å². The second-order valence-electron chi connectivity index (χ2n) is 6.77. The third kappa shape index (κ3) is 5.87. The highest BCUT2D eigenvalue weighted by molar-refractivity contribution is 14.1. The predicted molar refractivity (Wildman–Crippen MR) is 133 cm³/mol. The minimum Gasteiger partial charge on any atom is -0.332 e. The van der Waals surface area contributed by atoms with E-state index in [0.717, 1.165) is 14.7 Å². The van der Waals surface area contributed by atoms with Gasteiger partial charge in [0.1, 0.15) is 0 Å². The molecular weight excluding hydrogens is 509 g/mol. The Kier molecular flexibility index (Phi) is 7.17. The molecule has 0 aliphatic heterocycles. The Morgan fingerprint density at radius 3 is 2.07 bits per heavy atom. The Morgan fingerprint density at radius 1 is 0.800 bits per heavy atom. The molecule has 3 aromatic carbocycles. The summed E-state index contributed by atoms with van der Waals surface area (Å²) in [5.74, 6) is -0.442. The van der Waals surface area contributed by atoms with Crippen LogP contribution in [0.4, 0.5) is 11.4 Å². The van der Waals surface area contributed by atoms with E-state index in [4.69, 9.17) is 12.2 Å². The third-order valence-corrected chi connectivity index (χ3v) is 5.71. The van der Waals surface area contributed by atoms with E-state index < -0.39 is 0 Å². The molecule has 3 rings (SSSR count). The number of anilines is 2. The molecule has 5 nitrogen and oxygen atoms in total. The summed E-state index contributed by atoms with van der Waals surface area (Å²) in [5, 5.41) is 8.71. The van der Waals surface area contributed by atoms with Gasteiger partial charge in [-0.15, -0.1) is 0 Å². The number of halogens is 1. The van der Waals surface area contributed by atoms with E-state index in [1.165, 1.54) is 0 Å². The van der Waals surface area contributed by atoms with Crippen LogP contribution in [0.5, 0.6) is 0 Å². The lowest BCUT2D eigenvalue weighted by Crippen LogP contribution is -2.34. The van der Waals surface area contributed by atoms with Crippen LogP contribution in [0.2, 0.25) is 0 Å². The van der Waals surface area contributed by atoms with Crippen LogP contribution in [0, 0.1) is 17.4 Å². The highest BCUT2D eigenvalue weighted by Crippen LogP contribution is 2.16. The van der Waals surface area contributed by atoms with Crippen molar-refractivity contribution in [3.05, 3.63) is 92.6 Å². The van der Waals surface area contributed by atoms with Crippen LogP contribution in [-0.2, 0) is 0 Å². The fraction of sp³-hybridized carbons (Fsp3) is 0.0870. The van der Waals surface area contributed by atoms with Crippen molar-refractivity contribution in [3.63, 3.8) is 0 Å². The predicted octanol–water partition coefficient (Wildman–Crippen LogP) is 5.29. The van der Waals surface area contributed by atoms with Crippen molar-refractivity contribution >= 4 is 63.1 Å². The highest BCUT2D eigenvalue weighted by atomic mass is 127. The number of amides is 2. The number of thiocarbonyl (C=S) groups is 1. The van der Waals surface area contributed by atoms with Crippen LogP contribution in [0.1, 0.15) is 31.8 Å². The molecule has 0 radical (unpaired) electrons. The lowest BCUT2D eigenvalue weighted by molar-refractivity contribution is 0.0976. The van der Waals surface area contributed by atoms with Gasteiger partial charge < -0.3 is 10.6 Å². The van der Waals surface area contributed by atoms with Crippen LogP contribution in [0.15, 0.2) is 66.7 Å². The number of rotatable bonds is 4. The summed E-state index contributed by atoms with van der Waals surface area (Å²) in [6.07, 6.45) is 0. The average Bonchev–Trinajstić information content (AvgIpc) is 2.71. The first-order valence-corrected chi connectivity index (χ1v) is 10.7. The second kappa shape index (κ2) is 9.82. The first-order valence-electron chi connectivity index (χ1n) is 9.18. The zero-order valence-electron chi connectivity index (χ0n) is 16.5. The molecule has 0 heterocycles. The number of benzene rings is 3. The lowest BCUT2D eigenvalue weighted by Gasteiger charge is -2.11. The second-order valence-corrected chi connectivity index (χ2v) is 8.34. The summed E-state index contributed by atoms with van der Waals surface area (Å²) in [6.45, 7) is 3.93. The first kappa shape index (κ1) is 21.9. The summed E-state index contributed by atoms with van der Waals surface area (Å²) >= 11 is 7.43. The van der Waals surface area contributed by atoms with Gasteiger partial charge in [-0.1, -0.05) is 23.8 Å². The molecule has 0 spiro atoms. The number of aryl methyl sites for hydroxylation is 2. The molecule has 7 heteroatoms. The maximum Gasteiger partial charge on any atom is 0.257 e. The van der Waals surface area contributed by atoms with Gasteiger partial charge in [0.05, 0.1) is 0 Å². The van der Waals surface area contributed by atoms with E-state index >= 15 is 0 Å². The number of carbonyl (C=O) groups excluding carboxylic acids is 2. The Bertz CT molecular complexity index is 1110. The highest BCUT2D eigenvalue weighted by Gasteiger charge is 2.10. The molecule has 3 N–H and O–H groups in total. The maximum absolute atomic E-state index is 12.4. The SMILES string of the molecule is Cc1cccc(C(=O)Nc2ccc(NC(=S)NC(=O)c3ccc(C)c(I)c3)cc2)c1. The molecule has 0 fully saturated rings. The zero-order valence-corrected chi connectivity index (χ0v) is 19.4. The summed E-state index contributed by atoms with van der Waals surface area (Å²) in [5.41, 5.74) is 4.65. The van der Waals surface area contributed by atoms with E-state index in [0.29, 0.717) is 22.5 Å². The van der Waals surface area contributed by atoms with Crippen LogP contribution < -0.4 is 16.0 Å². The van der Waals surface area contributed by atoms with Crippen molar-refractivity contribution in [3.8, 4) is 0 Å². The minimum atomic E-state index is -0.271. The third-order valence-electron chi connectivity index (χ3n) is 4.34. The summed E-state index contributed by atoms with van der Waals surface area (Å²) in [7, 11) is 0.